The highest BCUT2D eigenvalue weighted by Gasteiger charge is 2.19. The van der Waals surface area contributed by atoms with Gasteiger partial charge in [-0.2, -0.15) is 5.10 Å². The molecule has 3 rings (SSSR count). The van der Waals surface area contributed by atoms with Crippen molar-refractivity contribution < 1.29 is 0 Å². The molecule has 2 heterocycles. The van der Waals surface area contributed by atoms with Gasteiger partial charge in [-0.05, 0) is 38.7 Å². The minimum Gasteiger partial charge on any atom is -0.389 e. The van der Waals surface area contributed by atoms with Gasteiger partial charge >= 0.3 is 0 Å². The molecular formula is C13H15N5S2. The van der Waals surface area contributed by atoms with Gasteiger partial charge in [-0.3, -0.25) is 0 Å². The topological polar surface area (TPSA) is 76.7 Å². The molecule has 0 radical (unpaired) electrons. The maximum atomic E-state index is 5.82. The van der Waals surface area contributed by atoms with Gasteiger partial charge in [-0.25, -0.2) is 4.98 Å². The number of nitrogens with two attached hydrogens (primary N) is 1. The summed E-state index contributed by atoms with van der Waals surface area (Å²) in [7, 11) is 0. The van der Waals surface area contributed by atoms with E-state index >= 15 is 0 Å². The third-order valence-corrected chi connectivity index (χ3v) is 4.80. The lowest BCUT2D eigenvalue weighted by Gasteiger charge is -2.11. The van der Waals surface area contributed by atoms with Gasteiger partial charge < -0.3 is 11.1 Å². The van der Waals surface area contributed by atoms with Gasteiger partial charge in [0, 0.05) is 4.88 Å². The number of rotatable bonds is 3. The Morgan fingerprint density at radius 2 is 2.10 bits per heavy atom. The van der Waals surface area contributed by atoms with Crippen molar-refractivity contribution in [2.45, 2.75) is 33.1 Å². The number of aryl methyl sites for hydroxylation is 3. The highest BCUT2D eigenvalue weighted by molar-refractivity contribution is 7.80. The molecule has 2 aromatic heterocycles. The van der Waals surface area contributed by atoms with Crippen LogP contribution in [0.15, 0.2) is 0 Å². The van der Waals surface area contributed by atoms with Crippen molar-refractivity contribution in [2.24, 2.45) is 5.73 Å². The van der Waals surface area contributed by atoms with Crippen LogP contribution in [0.25, 0.3) is 0 Å². The predicted molar refractivity (Wildman–Crippen MR) is 84.8 cm³/mol. The van der Waals surface area contributed by atoms with Crippen LogP contribution in [0.3, 0.4) is 0 Å². The SMILES string of the molecule is Cc1nnc(Nc2nc3c(s2)CCC3)c(C(N)=S)c1C. The largest absolute Gasteiger partial charge is 0.389 e. The molecule has 0 saturated carbocycles. The number of anilines is 2. The summed E-state index contributed by atoms with van der Waals surface area (Å²) in [5.74, 6) is 0.591. The maximum Gasteiger partial charge on any atom is 0.188 e. The van der Waals surface area contributed by atoms with Crippen LogP contribution >= 0.6 is 23.6 Å². The number of hydrogen-bond donors (Lipinski definition) is 2. The Balaban J connectivity index is 1.97. The van der Waals surface area contributed by atoms with Crippen molar-refractivity contribution in [3.63, 3.8) is 0 Å². The molecule has 20 heavy (non-hydrogen) atoms. The molecule has 0 saturated heterocycles. The van der Waals surface area contributed by atoms with Gasteiger partial charge in [0.15, 0.2) is 10.9 Å². The summed E-state index contributed by atoms with van der Waals surface area (Å²) >= 11 is 6.80. The van der Waals surface area contributed by atoms with Gasteiger partial charge in [0.05, 0.1) is 17.0 Å². The second-order valence-corrected chi connectivity index (χ2v) is 6.39. The molecule has 2 aromatic rings. The Hall–Kier alpha value is -1.60. The van der Waals surface area contributed by atoms with Gasteiger partial charge in [-0.1, -0.05) is 12.2 Å². The number of thiocarbonyl (C=S) groups is 1. The van der Waals surface area contributed by atoms with Gasteiger partial charge in [-0.15, -0.1) is 16.4 Å². The van der Waals surface area contributed by atoms with Crippen molar-refractivity contribution in [3.8, 4) is 0 Å². The van der Waals surface area contributed by atoms with Gasteiger partial charge in [0.25, 0.3) is 0 Å². The number of thiazole rings is 1. The molecule has 0 aromatic carbocycles. The van der Waals surface area contributed by atoms with E-state index in [1.807, 2.05) is 13.8 Å². The number of hydrogen-bond acceptors (Lipinski definition) is 6. The molecular weight excluding hydrogens is 290 g/mol. The van der Waals surface area contributed by atoms with E-state index in [0.717, 1.165) is 34.8 Å². The normalized spacial score (nSPS) is 13.3. The van der Waals surface area contributed by atoms with E-state index in [1.54, 1.807) is 11.3 Å². The Labute approximate surface area is 126 Å². The van der Waals surface area contributed by atoms with E-state index < -0.39 is 0 Å². The lowest BCUT2D eigenvalue weighted by atomic mass is 10.1. The Bertz CT molecular complexity index is 671. The summed E-state index contributed by atoms with van der Waals surface area (Å²) in [5, 5.41) is 12.4. The van der Waals surface area contributed by atoms with Crippen LogP contribution in [0.2, 0.25) is 0 Å². The first-order valence-electron chi connectivity index (χ1n) is 6.45. The van der Waals surface area contributed by atoms with Crippen LogP contribution in [0.4, 0.5) is 10.9 Å². The van der Waals surface area contributed by atoms with Crippen LogP contribution in [-0.2, 0) is 12.8 Å². The second kappa shape index (κ2) is 5.06. The highest BCUT2D eigenvalue weighted by Crippen LogP contribution is 2.32. The molecule has 0 spiro atoms. The summed E-state index contributed by atoms with van der Waals surface area (Å²) in [6, 6.07) is 0. The molecule has 104 valence electrons. The van der Waals surface area contributed by atoms with Gasteiger partial charge in [0.1, 0.15) is 4.99 Å². The quantitative estimate of drug-likeness (QED) is 0.848. The van der Waals surface area contributed by atoms with E-state index in [1.165, 1.54) is 17.0 Å². The first-order chi connectivity index (χ1) is 9.56. The summed E-state index contributed by atoms with van der Waals surface area (Å²) < 4.78 is 0. The fourth-order valence-corrected chi connectivity index (χ4v) is 3.64. The van der Waals surface area contributed by atoms with Crippen molar-refractivity contribution in [1.82, 2.24) is 15.2 Å². The first-order valence-corrected chi connectivity index (χ1v) is 7.68. The lowest BCUT2D eigenvalue weighted by Crippen LogP contribution is -2.16. The van der Waals surface area contributed by atoms with Crippen LogP contribution in [0.1, 0.15) is 33.8 Å². The minimum atomic E-state index is 0.326. The maximum absolute atomic E-state index is 5.82. The monoisotopic (exact) mass is 305 g/mol. The first kappa shape index (κ1) is 13.4. The summed E-state index contributed by atoms with van der Waals surface area (Å²) in [6.07, 6.45) is 3.39. The van der Waals surface area contributed by atoms with Crippen molar-refractivity contribution in [3.05, 3.63) is 27.4 Å². The molecule has 1 aliphatic carbocycles. The van der Waals surface area contributed by atoms with Crippen LogP contribution in [-0.4, -0.2) is 20.2 Å². The zero-order chi connectivity index (χ0) is 14.3. The number of nitrogens with zero attached hydrogens (tertiary/aromatic N) is 3. The van der Waals surface area contributed by atoms with E-state index in [2.05, 4.69) is 20.5 Å². The molecule has 0 bridgehead atoms. The standard InChI is InChI=1S/C13H15N5S2/c1-6-7(2)17-18-12(10(6)11(14)19)16-13-15-8-4-3-5-9(8)20-13/h3-5H2,1-2H3,(H2,14,19)(H,15,16,18). The molecule has 1 aliphatic rings. The van der Waals surface area contributed by atoms with E-state index in [4.69, 9.17) is 18.0 Å². The number of aromatic nitrogens is 3. The minimum absolute atomic E-state index is 0.326. The van der Waals surface area contributed by atoms with E-state index in [9.17, 15) is 0 Å². The summed E-state index contributed by atoms with van der Waals surface area (Å²) in [4.78, 5) is 6.28. The zero-order valence-corrected chi connectivity index (χ0v) is 13.0. The predicted octanol–water partition coefficient (Wildman–Crippen LogP) is 2.42. The average molecular weight is 305 g/mol. The Morgan fingerprint density at radius 1 is 1.30 bits per heavy atom. The number of fused-ring (bicyclic) bond motifs is 1. The fourth-order valence-electron chi connectivity index (χ4n) is 2.34. The van der Waals surface area contributed by atoms with Crippen molar-refractivity contribution >= 4 is 39.5 Å². The molecule has 0 atom stereocenters. The smallest absolute Gasteiger partial charge is 0.188 e. The molecule has 5 nitrogen and oxygen atoms in total. The lowest BCUT2D eigenvalue weighted by molar-refractivity contribution is 0.899. The second-order valence-electron chi connectivity index (χ2n) is 4.87. The molecule has 7 heteroatoms. The molecule has 3 N–H and O–H groups in total. The molecule has 0 fully saturated rings. The van der Waals surface area contributed by atoms with Gasteiger partial charge in [0.2, 0.25) is 0 Å². The van der Waals surface area contributed by atoms with Crippen LogP contribution in [0.5, 0.6) is 0 Å². The van der Waals surface area contributed by atoms with E-state index in [0.29, 0.717) is 10.8 Å². The van der Waals surface area contributed by atoms with Crippen molar-refractivity contribution in [1.29, 1.82) is 0 Å². The summed E-state index contributed by atoms with van der Waals surface area (Å²) in [6.45, 7) is 3.84. The van der Waals surface area contributed by atoms with Crippen LogP contribution < -0.4 is 11.1 Å². The van der Waals surface area contributed by atoms with Crippen LogP contribution in [0, 0.1) is 13.8 Å². The van der Waals surface area contributed by atoms with Crippen molar-refractivity contribution in [2.75, 3.05) is 5.32 Å². The molecule has 0 unspecified atom stereocenters. The molecule has 0 aliphatic heterocycles. The average Bonchev–Trinajstić information content (AvgIpc) is 2.94. The Kier molecular flexibility index (Phi) is 3.39. The summed E-state index contributed by atoms with van der Waals surface area (Å²) in [5.41, 5.74) is 9.56. The zero-order valence-electron chi connectivity index (χ0n) is 11.4. The fraction of sp³-hybridized carbons (Fsp3) is 0.385. The Morgan fingerprint density at radius 3 is 2.80 bits per heavy atom. The molecule has 0 amide bonds. The number of nitrogens with one attached hydrogen (secondary N) is 1. The third-order valence-electron chi connectivity index (χ3n) is 3.52. The third kappa shape index (κ3) is 2.27. The van der Waals surface area contributed by atoms with E-state index in [-0.39, 0.29) is 0 Å². The highest BCUT2D eigenvalue weighted by atomic mass is 32.1.